The topological polar surface area (TPSA) is 20.2 Å². The summed E-state index contributed by atoms with van der Waals surface area (Å²) >= 11 is 3.20. The van der Waals surface area contributed by atoms with Crippen molar-refractivity contribution in [3.63, 3.8) is 0 Å². The summed E-state index contributed by atoms with van der Waals surface area (Å²) in [4.78, 5) is 0. The second-order valence-electron chi connectivity index (χ2n) is 1.55. The molecule has 50 valence electrons. The monoisotopic (exact) mass is 188 g/mol. The first-order valence-electron chi connectivity index (χ1n) is 2.52. The molecule has 0 rings (SSSR count). The zero-order valence-corrected chi connectivity index (χ0v) is 6.85. The molecule has 0 spiro atoms. The van der Waals surface area contributed by atoms with Crippen LogP contribution < -0.4 is 0 Å². The highest BCUT2D eigenvalue weighted by molar-refractivity contribution is 9.11. The summed E-state index contributed by atoms with van der Waals surface area (Å²) in [6.07, 6.45) is 4.69. The molecule has 0 aromatic carbocycles. The van der Waals surface area contributed by atoms with Crippen LogP contribution in [0.5, 0.6) is 0 Å². The van der Waals surface area contributed by atoms with Crippen molar-refractivity contribution >= 4 is 15.9 Å². The SMILES string of the molecule is C=C/C(O)=C\C=C(/C)Br. The van der Waals surface area contributed by atoms with E-state index in [9.17, 15) is 0 Å². The summed E-state index contributed by atoms with van der Waals surface area (Å²) in [6, 6.07) is 0. The molecule has 0 heterocycles. The molecule has 0 radical (unpaired) electrons. The van der Waals surface area contributed by atoms with Gasteiger partial charge in [0.1, 0.15) is 5.76 Å². The lowest BCUT2D eigenvalue weighted by molar-refractivity contribution is 0.433. The zero-order chi connectivity index (χ0) is 7.28. The van der Waals surface area contributed by atoms with E-state index in [4.69, 9.17) is 5.11 Å². The van der Waals surface area contributed by atoms with Crippen molar-refractivity contribution in [2.75, 3.05) is 0 Å². The van der Waals surface area contributed by atoms with Crippen LogP contribution in [0.25, 0.3) is 0 Å². The van der Waals surface area contributed by atoms with Gasteiger partial charge in [0, 0.05) is 0 Å². The second-order valence-corrected chi connectivity index (χ2v) is 2.80. The van der Waals surface area contributed by atoms with Crippen LogP contribution in [0.3, 0.4) is 0 Å². The summed E-state index contributed by atoms with van der Waals surface area (Å²) in [5.74, 6) is 0.175. The molecule has 2 heteroatoms. The van der Waals surface area contributed by atoms with Crippen LogP contribution in [0.15, 0.2) is 35.0 Å². The summed E-state index contributed by atoms with van der Waals surface area (Å²) in [5, 5.41) is 8.78. The Kier molecular flexibility index (Phi) is 4.14. The molecule has 0 aliphatic rings. The van der Waals surface area contributed by atoms with Crippen molar-refractivity contribution < 1.29 is 5.11 Å². The number of hydrogen-bond acceptors (Lipinski definition) is 1. The average molecular weight is 189 g/mol. The number of aliphatic hydroxyl groups is 1. The van der Waals surface area contributed by atoms with Crippen LogP contribution in [-0.2, 0) is 0 Å². The van der Waals surface area contributed by atoms with Crippen molar-refractivity contribution in [1.82, 2.24) is 0 Å². The third kappa shape index (κ3) is 5.37. The standard InChI is InChI=1S/C7H9BrO/c1-3-7(9)5-4-6(2)8/h3-5,9H,1H2,2H3/b6-4+,7-5+. The molecule has 0 aromatic rings. The van der Waals surface area contributed by atoms with Crippen molar-refractivity contribution in [3.05, 3.63) is 35.0 Å². The molecule has 0 fully saturated rings. The number of halogens is 1. The van der Waals surface area contributed by atoms with Crippen molar-refractivity contribution in [1.29, 1.82) is 0 Å². The molecule has 1 N–H and O–H groups in total. The van der Waals surface area contributed by atoms with Gasteiger partial charge in [0.25, 0.3) is 0 Å². The van der Waals surface area contributed by atoms with E-state index in [0.717, 1.165) is 4.48 Å². The Morgan fingerprint density at radius 3 is 2.44 bits per heavy atom. The molecular formula is C7H9BrO. The van der Waals surface area contributed by atoms with Crippen molar-refractivity contribution in [2.45, 2.75) is 6.92 Å². The van der Waals surface area contributed by atoms with E-state index in [0.29, 0.717) is 0 Å². The van der Waals surface area contributed by atoms with Crippen LogP contribution in [-0.4, -0.2) is 5.11 Å². The third-order valence-corrected chi connectivity index (χ3v) is 0.957. The number of hydrogen-bond donors (Lipinski definition) is 1. The molecule has 0 saturated heterocycles. The van der Waals surface area contributed by atoms with Gasteiger partial charge in [-0.25, -0.2) is 0 Å². The molecule has 0 amide bonds. The molecule has 0 aromatic heterocycles. The van der Waals surface area contributed by atoms with Crippen molar-refractivity contribution in [3.8, 4) is 0 Å². The molecular weight excluding hydrogens is 180 g/mol. The highest BCUT2D eigenvalue weighted by atomic mass is 79.9. The Bertz CT molecular complexity index is 152. The van der Waals surface area contributed by atoms with E-state index < -0.39 is 0 Å². The fourth-order valence-corrected chi connectivity index (χ4v) is 0.400. The lowest BCUT2D eigenvalue weighted by Crippen LogP contribution is -1.68. The van der Waals surface area contributed by atoms with E-state index in [-0.39, 0.29) is 5.76 Å². The van der Waals surface area contributed by atoms with Crippen LogP contribution in [0.4, 0.5) is 0 Å². The third-order valence-electron chi connectivity index (χ3n) is 0.693. The van der Waals surface area contributed by atoms with E-state index in [2.05, 4.69) is 22.5 Å². The Morgan fingerprint density at radius 1 is 1.56 bits per heavy atom. The van der Waals surface area contributed by atoms with E-state index >= 15 is 0 Å². The van der Waals surface area contributed by atoms with Gasteiger partial charge in [0.15, 0.2) is 0 Å². The number of allylic oxidation sites excluding steroid dienone is 4. The van der Waals surface area contributed by atoms with E-state index in [1.165, 1.54) is 6.08 Å². The smallest absolute Gasteiger partial charge is 0.115 e. The maximum atomic E-state index is 8.78. The van der Waals surface area contributed by atoms with E-state index in [1.807, 2.05) is 6.92 Å². The fraction of sp³-hybridized carbons (Fsp3) is 0.143. The van der Waals surface area contributed by atoms with Crippen LogP contribution in [0, 0.1) is 0 Å². The van der Waals surface area contributed by atoms with Gasteiger partial charge in [0.05, 0.1) is 0 Å². The van der Waals surface area contributed by atoms with Gasteiger partial charge in [-0.1, -0.05) is 22.5 Å². The minimum atomic E-state index is 0.175. The molecule has 0 atom stereocenters. The predicted octanol–water partition coefficient (Wildman–Crippen LogP) is 2.91. The van der Waals surface area contributed by atoms with Gasteiger partial charge in [-0.2, -0.15) is 0 Å². The van der Waals surface area contributed by atoms with Crippen LogP contribution in [0.2, 0.25) is 0 Å². The fourth-order valence-electron chi connectivity index (χ4n) is 0.268. The summed E-state index contributed by atoms with van der Waals surface area (Å²) < 4.78 is 0.968. The number of rotatable bonds is 2. The highest BCUT2D eigenvalue weighted by Crippen LogP contribution is 2.02. The minimum Gasteiger partial charge on any atom is -0.508 e. The zero-order valence-electron chi connectivity index (χ0n) is 5.26. The Labute approximate surface area is 63.5 Å². The molecule has 0 saturated carbocycles. The molecule has 0 unspecified atom stereocenters. The van der Waals surface area contributed by atoms with Gasteiger partial charge in [0.2, 0.25) is 0 Å². The van der Waals surface area contributed by atoms with Gasteiger partial charge in [-0.3, -0.25) is 0 Å². The van der Waals surface area contributed by atoms with Crippen LogP contribution >= 0.6 is 15.9 Å². The first kappa shape index (κ1) is 8.50. The minimum absolute atomic E-state index is 0.175. The van der Waals surface area contributed by atoms with Gasteiger partial charge < -0.3 is 5.11 Å². The Hall–Kier alpha value is -0.500. The second kappa shape index (κ2) is 4.39. The first-order valence-corrected chi connectivity index (χ1v) is 3.31. The van der Waals surface area contributed by atoms with Crippen LogP contribution in [0.1, 0.15) is 6.92 Å². The molecule has 0 aliphatic heterocycles. The maximum Gasteiger partial charge on any atom is 0.115 e. The first-order chi connectivity index (χ1) is 4.16. The molecule has 9 heavy (non-hydrogen) atoms. The normalized spacial score (nSPS) is 13.6. The average Bonchev–Trinajstić information content (AvgIpc) is 1.83. The number of aliphatic hydroxyl groups excluding tert-OH is 1. The lowest BCUT2D eigenvalue weighted by Gasteiger charge is -1.84. The lowest BCUT2D eigenvalue weighted by atomic mass is 10.4. The largest absolute Gasteiger partial charge is 0.508 e. The summed E-state index contributed by atoms with van der Waals surface area (Å²) in [7, 11) is 0. The Morgan fingerprint density at radius 2 is 2.11 bits per heavy atom. The quantitative estimate of drug-likeness (QED) is 0.523. The van der Waals surface area contributed by atoms with E-state index in [1.54, 1.807) is 12.2 Å². The van der Waals surface area contributed by atoms with Crippen molar-refractivity contribution in [2.24, 2.45) is 0 Å². The van der Waals surface area contributed by atoms with Gasteiger partial charge in [-0.15, -0.1) is 0 Å². The molecule has 1 nitrogen and oxygen atoms in total. The molecule has 0 aliphatic carbocycles. The summed E-state index contributed by atoms with van der Waals surface area (Å²) in [6.45, 7) is 5.26. The van der Waals surface area contributed by atoms with Gasteiger partial charge >= 0.3 is 0 Å². The summed E-state index contributed by atoms with van der Waals surface area (Å²) in [5.41, 5.74) is 0. The van der Waals surface area contributed by atoms with Gasteiger partial charge in [-0.05, 0) is 29.6 Å². The molecule has 0 bridgehead atoms. The maximum absolute atomic E-state index is 8.78. The highest BCUT2D eigenvalue weighted by Gasteiger charge is 1.78. The Balaban J connectivity index is 3.98. The predicted molar refractivity (Wildman–Crippen MR) is 43.6 cm³/mol.